The van der Waals surface area contributed by atoms with Crippen molar-refractivity contribution in [3.8, 4) is 0 Å². The number of benzene rings is 1. The summed E-state index contributed by atoms with van der Waals surface area (Å²) in [6, 6.07) is 4.78. The summed E-state index contributed by atoms with van der Waals surface area (Å²) in [4.78, 5) is 64.0. The number of alkyl carbamates (subject to hydrolysis) is 1. The largest absolute Gasteiger partial charge is 0.467 e. The molecule has 2 aliphatic rings. The third-order valence-electron chi connectivity index (χ3n) is 6.73. The molecule has 0 aliphatic carbocycles. The number of hydrogen-bond donors (Lipinski definition) is 3. The summed E-state index contributed by atoms with van der Waals surface area (Å²) >= 11 is 5.96. The van der Waals surface area contributed by atoms with Crippen molar-refractivity contribution in [3.05, 3.63) is 34.9 Å². The molecule has 3 rings (SSSR count). The van der Waals surface area contributed by atoms with Crippen molar-refractivity contribution >= 4 is 41.4 Å². The van der Waals surface area contributed by atoms with Gasteiger partial charge in [-0.05, 0) is 42.9 Å². The smallest absolute Gasteiger partial charge is 0.408 e. The van der Waals surface area contributed by atoms with E-state index in [0.29, 0.717) is 36.5 Å². The second kappa shape index (κ2) is 12.5. The molecule has 1 aromatic carbocycles. The number of hydrogen-bond acceptors (Lipinski definition) is 7. The molecule has 4 amide bonds. The van der Waals surface area contributed by atoms with Gasteiger partial charge in [0.05, 0.1) is 12.6 Å². The number of halogens is 1. The highest BCUT2D eigenvalue weighted by Gasteiger charge is 2.53. The molecule has 2 fully saturated rings. The summed E-state index contributed by atoms with van der Waals surface area (Å²) in [6.45, 7) is 6.05. The van der Waals surface area contributed by atoms with Crippen molar-refractivity contribution < 1.29 is 33.4 Å². The molecule has 0 radical (unpaired) electrons. The third-order valence-corrected chi connectivity index (χ3v) is 6.96. The maximum atomic E-state index is 13.2. The topological polar surface area (TPSA) is 143 Å². The molecule has 38 heavy (non-hydrogen) atoms. The molecule has 2 unspecified atom stereocenters. The minimum absolute atomic E-state index is 0.0275. The zero-order valence-corrected chi connectivity index (χ0v) is 22.8. The van der Waals surface area contributed by atoms with E-state index in [2.05, 4.69) is 16.0 Å². The first kappa shape index (κ1) is 29.2. The van der Waals surface area contributed by atoms with E-state index in [-0.39, 0.29) is 30.8 Å². The minimum Gasteiger partial charge on any atom is -0.467 e. The summed E-state index contributed by atoms with van der Waals surface area (Å²) in [5.74, 6) is -2.10. The normalized spacial score (nSPS) is 19.3. The van der Waals surface area contributed by atoms with Gasteiger partial charge in [-0.3, -0.25) is 14.4 Å². The van der Waals surface area contributed by atoms with Gasteiger partial charge in [0.1, 0.15) is 18.7 Å². The van der Waals surface area contributed by atoms with Crippen LogP contribution in [-0.4, -0.2) is 72.5 Å². The Hall–Kier alpha value is -3.34. The third kappa shape index (κ3) is 7.59. The Morgan fingerprint density at radius 3 is 2.50 bits per heavy atom. The maximum Gasteiger partial charge on any atom is 0.408 e. The molecule has 2 saturated heterocycles. The maximum absolute atomic E-state index is 13.2. The fourth-order valence-electron chi connectivity index (χ4n) is 4.86. The van der Waals surface area contributed by atoms with E-state index in [0.717, 1.165) is 0 Å². The van der Waals surface area contributed by atoms with Gasteiger partial charge in [0.25, 0.3) is 0 Å². The van der Waals surface area contributed by atoms with Gasteiger partial charge < -0.3 is 30.3 Å². The van der Waals surface area contributed by atoms with Gasteiger partial charge in [0.15, 0.2) is 0 Å². The van der Waals surface area contributed by atoms with Crippen molar-refractivity contribution in [2.75, 3.05) is 20.2 Å². The van der Waals surface area contributed by atoms with Crippen LogP contribution < -0.4 is 16.0 Å². The van der Waals surface area contributed by atoms with Crippen LogP contribution in [0.1, 0.15) is 45.6 Å². The monoisotopic (exact) mass is 550 g/mol. The molecule has 1 spiro atoms. The fraction of sp³-hybridized carbons (Fsp3) is 0.577. The highest BCUT2D eigenvalue weighted by molar-refractivity contribution is 6.30. The van der Waals surface area contributed by atoms with Crippen molar-refractivity contribution in [2.45, 2.75) is 64.3 Å². The number of carbonyl (C=O) groups is 5. The van der Waals surface area contributed by atoms with Crippen LogP contribution in [0, 0.1) is 11.8 Å². The number of amides is 4. The Morgan fingerprint density at radius 1 is 1.18 bits per heavy atom. The van der Waals surface area contributed by atoms with Gasteiger partial charge in [-0.2, -0.15) is 0 Å². The van der Waals surface area contributed by atoms with Crippen molar-refractivity contribution in [2.24, 2.45) is 11.8 Å². The minimum atomic E-state index is -1.10. The van der Waals surface area contributed by atoms with Crippen LogP contribution in [0.4, 0.5) is 4.79 Å². The predicted molar refractivity (Wildman–Crippen MR) is 138 cm³/mol. The SMILES string of the molecule is COC(=O)C(CC1CC2(CN(C(C)=O)C2)NC1=O)NC(=O)[C@H](CC(C)C)NC(=O)OCc1cccc(Cl)c1. The van der Waals surface area contributed by atoms with Crippen molar-refractivity contribution in [3.63, 3.8) is 0 Å². The number of rotatable bonds is 10. The summed E-state index contributed by atoms with van der Waals surface area (Å²) < 4.78 is 10.1. The lowest BCUT2D eigenvalue weighted by Crippen LogP contribution is -2.68. The van der Waals surface area contributed by atoms with Crippen LogP contribution in [0.5, 0.6) is 0 Å². The lowest BCUT2D eigenvalue weighted by molar-refractivity contribution is -0.146. The summed E-state index contributed by atoms with van der Waals surface area (Å²) in [7, 11) is 1.20. The second-order valence-corrected chi connectivity index (χ2v) is 10.8. The van der Waals surface area contributed by atoms with E-state index >= 15 is 0 Å². The molecule has 2 heterocycles. The highest BCUT2D eigenvalue weighted by Crippen LogP contribution is 2.35. The average molecular weight is 551 g/mol. The summed E-state index contributed by atoms with van der Waals surface area (Å²) in [6.07, 6.45) is -0.0419. The van der Waals surface area contributed by atoms with Gasteiger partial charge in [0.2, 0.25) is 17.7 Å². The van der Waals surface area contributed by atoms with E-state index in [1.165, 1.54) is 14.0 Å². The number of nitrogens with one attached hydrogen (secondary N) is 3. The molecule has 208 valence electrons. The van der Waals surface area contributed by atoms with Crippen LogP contribution in [-0.2, 0) is 35.3 Å². The molecule has 0 saturated carbocycles. The molecular formula is C26H35ClN4O7. The molecule has 2 aliphatic heterocycles. The lowest BCUT2D eigenvalue weighted by atomic mass is 9.83. The van der Waals surface area contributed by atoms with E-state index in [1.54, 1.807) is 29.2 Å². The molecule has 12 heteroatoms. The summed E-state index contributed by atoms with van der Waals surface area (Å²) in [5, 5.41) is 8.67. The first-order chi connectivity index (χ1) is 17.9. The molecule has 3 atom stereocenters. The lowest BCUT2D eigenvalue weighted by Gasteiger charge is -2.47. The number of likely N-dealkylation sites (tertiary alicyclic amines) is 1. The van der Waals surface area contributed by atoms with E-state index in [4.69, 9.17) is 21.1 Å². The van der Waals surface area contributed by atoms with Crippen LogP contribution in [0.15, 0.2) is 24.3 Å². The van der Waals surface area contributed by atoms with Gasteiger partial charge in [-0.15, -0.1) is 0 Å². The molecule has 0 aromatic heterocycles. The summed E-state index contributed by atoms with van der Waals surface area (Å²) in [5.41, 5.74) is 0.181. The van der Waals surface area contributed by atoms with Crippen LogP contribution in [0.25, 0.3) is 0 Å². The van der Waals surface area contributed by atoms with Gasteiger partial charge >= 0.3 is 12.1 Å². The number of ether oxygens (including phenoxy) is 2. The van der Waals surface area contributed by atoms with Crippen LogP contribution >= 0.6 is 11.6 Å². The number of nitrogens with zero attached hydrogens (tertiary/aromatic N) is 1. The molecule has 11 nitrogen and oxygen atoms in total. The standard InChI is InChI=1S/C26H35ClN4O7/c1-15(2)8-20(29-25(36)38-12-17-6-5-7-19(27)9-17)23(34)28-21(24(35)37-4)10-18-11-26(30-22(18)33)13-31(14-26)16(3)32/h5-7,9,15,18,20-21H,8,10-14H2,1-4H3,(H,28,34)(H,29,36)(H,30,33)/t18?,20-,21?/m0/s1. The first-order valence-electron chi connectivity index (χ1n) is 12.5. The molecule has 3 N–H and O–H groups in total. The molecular weight excluding hydrogens is 516 g/mol. The van der Waals surface area contributed by atoms with Crippen molar-refractivity contribution in [1.29, 1.82) is 0 Å². The number of methoxy groups -OCH3 is 1. The van der Waals surface area contributed by atoms with E-state index in [9.17, 15) is 24.0 Å². The van der Waals surface area contributed by atoms with E-state index < -0.39 is 41.5 Å². The Bertz CT molecular complexity index is 1070. The Kier molecular flexibility index (Phi) is 9.59. The highest BCUT2D eigenvalue weighted by atomic mass is 35.5. The van der Waals surface area contributed by atoms with Gasteiger partial charge in [0, 0.05) is 31.0 Å². The zero-order chi connectivity index (χ0) is 28.0. The van der Waals surface area contributed by atoms with Crippen LogP contribution in [0.2, 0.25) is 5.02 Å². The molecule has 1 aromatic rings. The van der Waals surface area contributed by atoms with E-state index in [1.807, 2.05) is 13.8 Å². The Morgan fingerprint density at radius 2 is 1.89 bits per heavy atom. The van der Waals surface area contributed by atoms with Gasteiger partial charge in [-0.25, -0.2) is 9.59 Å². The van der Waals surface area contributed by atoms with Crippen LogP contribution in [0.3, 0.4) is 0 Å². The molecule has 0 bridgehead atoms. The second-order valence-electron chi connectivity index (χ2n) is 10.4. The number of esters is 1. The quantitative estimate of drug-likeness (QED) is 0.377. The predicted octanol–water partition coefficient (Wildman–Crippen LogP) is 1.77. The fourth-order valence-corrected chi connectivity index (χ4v) is 5.07. The zero-order valence-electron chi connectivity index (χ0n) is 22.0. The number of carbonyl (C=O) groups excluding carboxylic acids is 5. The van der Waals surface area contributed by atoms with Gasteiger partial charge in [-0.1, -0.05) is 37.6 Å². The first-order valence-corrected chi connectivity index (χ1v) is 12.9. The van der Waals surface area contributed by atoms with Crippen molar-refractivity contribution in [1.82, 2.24) is 20.9 Å². The average Bonchev–Trinajstić information content (AvgIpc) is 3.16. The Labute approximate surface area is 226 Å². The Balaban J connectivity index is 1.61.